The van der Waals surface area contributed by atoms with E-state index in [1.165, 1.54) is 4.68 Å². The smallest absolute Gasteiger partial charge is 0.317 e. The van der Waals surface area contributed by atoms with Crippen molar-refractivity contribution in [3.63, 3.8) is 0 Å². The lowest BCUT2D eigenvalue weighted by molar-refractivity contribution is -0.145. The maximum Gasteiger partial charge on any atom is 0.453 e. The normalized spacial score (nSPS) is 18.5. The van der Waals surface area contributed by atoms with Crippen LogP contribution in [-0.4, -0.2) is 27.9 Å². The third-order valence-corrected chi connectivity index (χ3v) is 3.02. The quantitative estimate of drug-likeness (QED) is 0.885. The number of hydrogen-bond acceptors (Lipinski definition) is 3. The van der Waals surface area contributed by atoms with E-state index in [1.54, 1.807) is 0 Å². The van der Waals surface area contributed by atoms with Crippen molar-refractivity contribution in [3.05, 3.63) is 12.2 Å². The first-order valence-corrected chi connectivity index (χ1v) is 5.73. The SMILES string of the molecule is FC(F)(F)c1ncn(CCC2CCNCC2)n1. The van der Waals surface area contributed by atoms with Crippen LogP contribution in [0.4, 0.5) is 13.2 Å². The second-order valence-corrected chi connectivity index (χ2v) is 4.31. The van der Waals surface area contributed by atoms with E-state index in [4.69, 9.17) is 0 Å². The van der Waals surface area contributed by atoms with Crippen molar-refractivity contribution in [1.82, 2.24) is 20.1 Å². The van der Waals surface area contributed by atoms with Gasteiger partial charge in [-0.25, -0.2) is 4.98 Å². The van der Waals surface area contributed by atoms with Gasteiger partial charge in [-0.2, -0.15) is 13.2 Å². The topological polar surface area (TPSA) is 42.7 Å². The monoisotopic (exact) mass is 248 g/mol. The van der Waals surface area contributed by atoms with Crippen LogP contribution in [0.2, 0.25) is 0 Å². The Labute approximate surface area is 97.2 Å². The Morgan fingerprint density at radius 2 is 2.06 bits per heavy atom. The summed E-state index contributed by atoms with van der Waals surface area (Å²) in [5, 5.41) is 6.68. The molecule has 7 heteroatoms. The van der Waals surface area contributed by atoms with Gasteiger partial charge < -0.3 is 5.32 Å². The summed E-state index contributed by atoms with van der Waals surface area (Å²) < 4.78 is 38.0. The molecule has 0 bridgehead atoms. The lowest BCUT2D eigenvalue weighted by Gasteiger charge is -2.22. The summed E-state index contributed by atoms with van der Waals surface area (Å²) in [5.74, 6) is -0.474. The molecule has 17 heavy (non-hydrogen) atoms. The predicted octanol–water partition coefficient (Wildman–Crippen LogP) is 1.69. The molecular formula is C10H15F3N4. The average Bonchev–Trinajstić information content (AvgIpc) is 2.76. The van der Waals surface area contributed by atoms with Crippen LogP contribution in [0.3, 0.4) is 0 Å². The van der Waals surface area contributed by atoms with Gasteiger partial charge in [-0.3, -0.25) is 4.68 Å². The average molecular weight is 248 g/mol. The lowest BCUT2D eigenvalue weighted by Crippen LogP contribution is -2.28. The van der Waals surface area contributed by atoms with Crippen molar-refractivity contribution in [2.45, 2.75) is 32.0 Å². The summed E-state index contributed by atoms with van der Waals surface area (Å²) >= 11 is 0. The highest BCUT2D eigenvalue weighted by atomic mass is 19.4. The molecule has 1 aliphatic heterocycles. The van der Waals surface area contributed by atoms with Gasteiger partial charge in [0.15, 0.2) is 0 Å². The van der Waals surface area contributed by atoms with Crippen LogP contribution in [0.15, 0.2) is 6.33 Å². The van der Waals surface area contributed by atoms with E-state index in [0.717, 1.165) is 38.7 Å². The zero-order chi connectivity index (χ0) is 12.3. The molecule has 96 valence electrons. The molecule has 0 aliphatic carbocycles. The molecule has 0 saturated carbocycles. The van der Waals surface area contributed by atoms with Crippen LogP contribution >= 0.6 is 0 Å². The van der Waals surface area contributed by atoms with Crippen molar-refractivity contribution >= 4 is 0 Å². The number of halogens is 3. The largest absolute Gasteiger partial charge is 0.453 e. The highest BCUT2D eigenvalue weighted by Crippen LogP contribution is 2.25. The Morgan fingerprint density at radius 3 is 2.65 bits per heavy atom. The Balaban J connectivity index is 1.84. The Hall–Kier alpha value is -1.11. The minimum absolute atomic E-state index is 0.508. The summed E-state index contributed by atoms with van der Waals surface area (Å²) in [6.45, 7) is 2.50. The van der Waals surface area contributed by atoms with E-state index in [1.807, 2.05) is 0 Å². The molecule has 0 aromatic carbocycles. The van der Waals surface area contributed by atoms with Crippen LogP contribution in [0.1, 0.15) is 25.1 Å². The molecule has 1 saturated heterocycles. The van der Waals surface area contributed by atoms with Crippen molar-refractivity contribution < 1.29 is 13.2 Å². The molecular weight excluding hydrogens is 233 g/mol. The van der Waals surface area contributed by atoms with Crippen LogP contribution in [-0.2, 0) is 12.7 Å². The maximum atomic E-state index is 12.2. The van der Waals surface area contributed by atoms with E-state index in [2.05, 4.69) is 15.4 Å². The molecule has 0 atom stereocenters. The molecule has 4 nitrogen and oxygen atoms in total. The molecule has 1 N–H and O–H groups in total. The maximum absolute atomic E-state index is 12.2. The zero-order valence-electron chi connectivity index (χ0n) is 9.37. The fraction of sp³-hybridized carbons (Fsp3) is 0.800. The van der Waals surface area contributed by atoms with Gasteiger partial charge in [0.2, 0.25) is 0 Å². The summed E-state index contributed by atoms with van der Waals surface area (Å²) in [6.07, 6.45) is -0.256. The number of hydrogen-bond donors (Lipinski definition) is 1. The number of aromatic nitrogens is 3. The molecule has 0 amide bonds. The molecule has 1 fully saturated rings. The number of rotatable bonds is 3. The van der Waals surface area contributed by atoms with Gasteiger partial charge in [-0.15, -0.1) is 5.10 Å². The molecule has 1 aliphatic rings. The minimum atomic E-state index is -4.44. The van der Waals surface area contributed by atoms with Gasteiger partial charge in [-0.05, 0) is 38.3 Å². The Kier molecular flexibility index (Phi) is 3.66. The highest BCUT2D eigenvalue weighted by molar-refractivity contribution is 4.87. The molecule has 0 radical (unpaired) electrons. The van der Waals surface area contributed by atoms with E-state index in [-0.39, 0.29) is 0 Å². The van der Waals surface area contributed by atoms with Crippen LogP contribution in [0.25, 0.3) is 0 Å². The first-order valence-electron chi connectivity index (χ1n) is 5.73. The fourth-order valence-corrected chi connectivity index (χ4v) is 2.02. The summed E-state index contributed by atoms with van der Waals surface area (Å²) in [6, 6.07) is 0. The highest BCUT2D eigenvalue weighted by Gasteiger charge is 2.35. The minimum Gasteiger partial charge on any atom is -0.317 e. The lowest BCUT2D eigenvalue weighted by atomic mass is 9.95. The second-order valence-electron chi connectivity index (χ2n) is 4.31. The number of nitrogens with one attached hydrogen (secondary N) is 1. The van der Waals surface area contributed by atoms with Gasteiger partial charge in [-0.1, -0.05) is 0 Å². The number of nitrogens with zero attached hydrogens (tertiary/aromatic N) is 3. The summed E-state index contributed by atoms with van der Waals surface area (Å²) in [4.78, 5) is 3.27. The van der Waals surface area contributed by atoms with Crippen molar-refractivity contribution in [2.75, 3.05) is 13.1 Å². The van der Waals surface area contributed by atoms with Crippen LogP contribution in [0.5, 0.6) is 0 Å². The number of alkyl halides is 3. The van der Waals surface area contributed by atoms with Gasteiger partial charge in [0, 0.05) is 6.54 Å². The summed E-state index contributed by atoms with van der Waals surface area (Å²) in [7, 11) is 0. The molecule has 1 aromatic heterocycles. The number of aryl methyl sites for hydroxylation is 1. The molecule has 1 aromatic rings. The number of piperidine rings is 1. The molecule has 0 unspecified atom stereocenters. The van der Waals surface area contributed by atoms with E-state index < -0.39 is 12.0 Å². The van der Waals surface area contributed by atoms with E-state index in [9.17, 15) is 13.2 Å². The predicted molar refractivity (Wildman–Crippen MR) is 55.2 cm³/mol. The standard InChI is InChI=1S/C10H15F3N4/c11-10(12,13)9-15-7-17(16-9)6-3-8-1-4-14-5-2-8/h7-8,14H,1-6H2. The van der Waals surface area contributed by atoms with Gasteiger partial charge in [0.05, 0.1) is 0 Å². The first-order chi connectivity index (χ1) is 8.05. The fourth-order valence-electron chi connectivity index (χ4n) is 2.02. The molecule has 2 heterocycles. The van der Waals surface area contributed by atoms with Crippen LogP contribution in [0, 0.1) is 5.92 Å². The van der Waals surface area contributed by atoms with Gasteiger partial charge in [0.25, 0.3) is 5.82 Å². The third-order valence-electron chi connectivity index (χ3n) is 3.02. The van der Waals surface area contributed by atoms with E-state index >= 15 is 0 Å². The van der Waals surface area contributed by atoms with Gasteiger partial charge in [0.1, 0.15) is 6.33 Å². The van der Waals surface area contributed by atoms with Gasteiger partial charge >= 0.3 is 6.18 Å². The summed E-state index contributed by atoms with van der Waals surface area (Å²) in [5.41, 5.74) is 0. The van der Waals surface area contributed by atoms with Crippen LogP contribution < -0.4 is 5.32 Å². The van der Waals surface area contributed by atoms with E-state index in [0.29, 0.717) is 12.5 Å². The second kappa shape index (κ2) is 5.03. The Bertz CT molecular complexity index is 355. The Morgan fingerprint density at radius 1 is 1.35 bits per heavy atom. The third kappa shape index (κ3) is 3.42. The molecule has 2 rings (SSSR count). The zero-order valence-corrected chi connectivity index (χ0v) is 9.37. The van der Waals surface area contributed by atoms with Crippen molar-refractivity contribution in [2.24, 2.45) is 5.92 Å². The van der Waals surface area contributed by atoms with Crippen molar-refractivity contribution in [1.29, 1.82) is 0 Å². The van der Waals surface area contributed by atoms with Crippen molar-refractivity contribution in [3.8, 4) is 0 Å². The first kappa shape index (κ1) is 12.3. The molecule has 0 spiro atoms.